The van der Waals surface area contributed by atoms with Crippen LogP contribution in [0.2, 0.25) is 0 Å². The number of hydrogen-bond acceptors (Lipinski definition) is 5. The van der Waals surface area contributed by atoms with Crippen LogP contribution in [0.3, 0.4) is 0 Å². The highest BCUT2D eigenvalue weighted by Crippen LogP contribution is 2.14. The molecule has 1 unspecified atom stereocenters. The van der Waals surface area contributed by atoms with E-state index in [-0.39, 0.29) is 18.8 Å². The summed E-state index contributed by atoms with van der Waals surface area (Å²) in [7, 11) is 0. The van der Waals surface area contributed by atoms with E-state index in [9.17, 15) is 14.7 Å². The first-order valence-corrected chi connectivity index (χ1v) is 8.71. The standard InChI is InChI=1S/C21H25NO5/c1-21(2,3)27-19(24)18(13-15-9-11-17(23)12-10-15)22-20(25)26-14-16-7-5-4-6-8-16/h4-12,18,23H,13-14H2,1-3H3,(H,22,25). The third-order valence-electron chi connectivity index (χ3n) is 3.57. The predicted molar refractivity (Wildman–Crippen MR) is 101 cm³/mol. The summed E-state index contributed by atoms with van der Waals surface area (Å²) in [6, 6.07) is 14.8. The molecule has 0 saturated heterocycles. The number of nitrogens with one attached hydrogen (secondary N) is 1. The molecule has 0 radical (unpaired) electrons. The van der Waals surface area contributed by atoms with Crippen molar-refractivity contribution in [2.75, 3.05) is 0 Å². The number of alkyl carbamates (subject to hydrolysis) is 1. The molecule has 6 heteroatoms. The Morgan fingerprint density at radius 1 is 1.00 bits per heavy atom. The van der Waals surface area contributed by atoms with E-state index in [1.54, 1.807) is 32.9 Å². The third kappa shape index (κ3) is 7.40. The van der Waals surface area contributed by atoms with Crippen LogP contribution in [0.5, 0.6) is 5.75 Å². The van der Waals surface area contributed by atoms with Gasteiger partial charge >= 0.3 is 12.1 Å². The Labute approximate surface area is 159 Å². The van der Waals surface area contributed by atoms with E-state index in [0.717, 1.165) is 11.1 Å². The number of hydrogen-bond donors (Lipinski definition) is 2. The van der Waals surface area contributed by atoms with Crippen molar-refractivity contribution >= 4 is 12.1 Å². The highest BCUT2D eigenvalue weighted by atomic mass is 16.6. The Balaban J connectivity index is 2.02. The van der Waals surface area contributed by atoms with Gasteiger partial charge in [-0.15, -0.1) is 0 Å². The van der Waals surface area contributed by atoms with Gasteiger partial charge in [0.2, 0.25) is 0 Å². The number of esters is 1. The highest BCUT2D eigenvalue weighted by molar-refractivity contribution is 5.82. The minimum atomic E-state index is -0.906. The third-order valence-corrected chi connectivity index (χ3v) is 3.57. The highest BCUT2D eigenvalue weighted by Gasteiger charge is 2.27. The largest absolute Gasteiger partial charge is 0.508 e. The summed E-state index contributed by atoms with van der Waals surface area (Å²) in [5.41, 5.74) is 0.937. The van der Waals surface area contributed by atoms with E-state index in [1.165, 1.54) is 12.1 Å². The summed E-state index contributed by atoms with van der Waals surface area (Å²) in [5.74, 6) is -0.421. The molecule has 0 aliphatic carbocycles. The number of rotatable bonds is 6. The van der Waals surface area contributed by atoms with Crippen LogP contribution in [0, 0.1) is 0 Å². The molecule has 0 bridgehead atoms. The number of aromatic hydroxyl groups is 1. The van der Waals surface area contributed by atoms with Gasteiger partial charge in [0, 0.05) is 6.42 Å². The Bertz CT molecular complexity index is 750. The lowest BCUT2D eigenvalue weighted by molar-refractivity contribution is -0.157. The summed E-state index contributed by atoms with van der Waals surface area (Å²) < 4.78 is 10.6. The summed E-state index contributed by atoms with van der Waals surface area (Å²) >= 11 is 0. The van der Waals surface area contributed by atoms with Crippen molar-refractivity contribution in [1.29, 1.82) is 0 Å². The van der Waals surface area contributed by atoms with Gasteiger partial charge in [0.05, 0.1) is 0 Å². The Morgan fingerprint density at radius 2 is 1.63 bits per heavy atom. The predicted octanol–water partition coefficient (Wildman–Crippen LogP) is 3.57. The first-order valence-electron chi connectivity index (χ1n) is 8.71. The molecule has 0 saturated carbocycles. The van der Waals surface area contributed by atoms with Gasteiger partial charge in [0.1, 0.15) is 24.0 Å². The molecule has 0 aliphatic heterocycles. The summed E-state index contributed by atoms with van der Waals surface area (Å²) in [4.78, 5) is 24.7. The number of carbonyl (C=O) groups is 2. The van der Waals surface area contributed by atoms with Crippen LogP contribution >= 0.6 is 0 Å². The van der Waals surface area contributed by atoms with E-state index in [0.29, 0.717) is 0 Å². The molecule has 27 heavy (non-hydrogen) atoms. The van der Waals surface area contributed by atoms with E-state index in [2.05, 4.69) is 5.32 Å². The lowest BCUT2D eigenvalue weighted by Crippen LogP contribution is -2.45. The molecule has 1 atom stereocenters. The topological polar surface area (TPSA) is 84.9 Å². The number of carbonyl (C=O) groups excluding carboxylic acids is 2. The lowest BCUT2D eigenvalue weighted by atomic mass is 10.1. The second-order valence-corrected chi connectivity index (χ2v) is 7.16. The number of benzene rings is 2. The molecule has 6 nitrogen and oxygen atoms in total. The SMILES string of the molecule is CC(C)(C)OC(=O)C(Cc1ccc(O)cc1)NC(=O)OCc1ccccc1. The average Bonchev–Trinajstić information content (AvgIpc) is 2.60. The van der Waals surface area contributed by atoms with Crippen molar-refractivity contribution < 1.29 is 24.2 Å². The molecule has 1 amide bonds. The van der Waals surface area contributed by atoms with Crippen LogP contribution in [0.1, 0.15) is 31.9 Å². The molecule has 2 N–H and O–H groups in total. The van der Waals surface area contributed by atoms with Crippen LogP contribution in [0.15, 0.2) is 54.6 Å². The van der Waals surface area contributed by atoms with Gasteiger partial charge in [-0.2, -0.15) is 0 Å². The first-order chi connectivity index (χ1) is 12.7. The fourth-order valence-electron chi connectivity index (χ4n) is 2.34. The Kier molecular flexibility index (Phi) is 6.82. The maximum atomic E-state index is 12.5. The number of phenols is 1. The first kappa shape index (κ1) is 20.3. The molecule has 0 heterocycles. The lowest BCUT2D eigenvalue weighted by Gasteiger charge is -2.24. The smallest absolute Gasteiger partial charge is 0.408 e. The summed E-state index contributed by atoms with van der Waals surface area (Å²) in [6.07, 6.45) is -0.483. The van der Waals surface area contributed by atoms with Gasteiger partial charge in [-0.25, -0.2) is 9.59 Å². The van der Waals surface area contributed by atoms with Gasteiger partial charge in [0.25, 0.3) is 0 Å². The molecule has 0 spiro atoms. The van der Waals surface area contributed by atoms with E-state index in [1.807, 2.05) is 30.3 Å². The van der Waals surface area contributed by atoms with E-state index in [4.69, 9.17) is 9.47 Å². The zero-order valence-corrected chi connectivity index (χ0v) is 15.8. The average molecular weight is 371 g/mol. The van der Waals surface area contributed by atoms with Crippen molar-refractivity contribution in [3.8, 4) is 5.75 Å². The normalized spacial score (nSPS) is 12.1. The molecule has 144 valence electrons. The zero-order chi connectivity index (χ0) is 19.9. The van der Waals surface area contributed by atoms with Crippen LogP contribution in [0.4, 0.5) is 4.79 Å². The van der Waals surface area contributed by atoms with Gasteiger partial charge in [-0.3, -0.25) is 0 Å². The van der Waals surface area contributed by atoms with Crippen LogP contribution in [-0.4, -0.2) is 28.8 Å². The minimum Gasteiger partial charge on any atom is -0.508 e. The van der Waals surface area contributed by atoms with Crippen LogP contribution < -0.4 is 5.32 Å². The minimum absolute atomic E-state index is 0.104. The maximum absolute atomic E-state index is 12.5. The van der Waals surface area contributed by atoms with Crippen molar-refractivity contribution in [3.63, 3.8) is 0 Å². The van der Waals surface area contributed by atoms with Gasteiger partial charge in [-0.05, 0) is 44.0 Å². The van der Waals surface area contributed by atoms with Gasteiger partial charge < -0.3 is 19.9 Å². The number of amides is 1. The number of ether oxygens (including phenoxy) is 2. The fraction of sp³-hybridized carbons (Fsp3) is 0.333. The van der Waals surface area contributed by atoms with Crippen LogP contribution in [-0.2, 0) is 27.3 Å². The summed E-state index contributed by atoms with van der Waals surface area (Å²) in [5, 5.41) is 12.0. The van der Waals surface area contributed by atoms with Crippen molar-refractivity contribution in [2.45, 2.75) is 45.4 Å². The van der Waals surface area contributed by atoms with Crippen molar-refractivity contribution in [2.24, 2.45) is 0 Å². The van der Waals surface area contributed by atoms with E-state index >= 15 is 0 Å². The van der Waals surface area contributed by atoms with Crippen LogP contribution in [0.25, 0.3) is 0 Å². The maximum Gasteiger partial charge on any atom is 0.408 e. The second kappa shape index (κ2) is 9.07. The van der Waals surface area contributed by atoms with Gasteiger partial charge in [0.15, 0.2) is 0 Å². The Hall–Kier alpha value is -3.02. The van der Waals surface area contributed by atoms with E-state index < -0.39 is 23.7 Å². The van der Waals surface area contributed by atoms with Crippen molar-refractivity contribution in [1.82, 2.24) is 5.32 Å². The number of phenolic OH excluding ortho intramolecular Hbond substituents is 1. The fourth-order valence-corrected chi connectivity index (χ4v) is 2.34. The molecule has 0 aliphatic rings. The molecule has 0 fully saturated rings. The second-order valence-electron chi connectivity index (χ2n) is 7.16. The monoisotopic (exact) mass is 371 g/mol. The quantitative estimate of drug-likeness (QED) is 0.758. The molecular weight excluding hydrogens is 346 g/mol. The molecule has 2 aromatic carbocycles. The molecule has 2 rings (SSSR count). The molecule has 0 aromatic heterocycles. The zero-order valence-electron chi connectivity index (χ0n) is 15.8. The molecule has 2 aromatic rings. The summed E-state index contributed by atoms with van der Waals surface area (Å²) in [6.45, 7) is 5.38. The van der Waals surface area contributed by atoms with Crippen molar-refractivity contribution in [3.05, 3.63) is 65.7 Å². The van der Waals surface area contributed by atoms with Gasteiger partial charge in [-0.1, -0.05) is 42.5 Å². The molecular formula is C21H25NO5. The Morgan fingerprint density at radius 3 is 2.22 bits per heavy atom.